The van der Waals surface area contributed by atoms with Gasteiger partial charge in [0.1, 0.15) is 5.75 Å². The summed E-state index contributed by atoms with van der Waals surface area (Å²) in [6.07, 6.45) is 0.830. The van der Waals surface area contributed by atoms with Gasteiger partial charge in [0.25, 0.3) is 0 Å². The fraction of sp³-hybridized carbons (Fsp3) is 0.333. The first kappa shape index (κ1) is 15.9. The summed E-state index contributed by atoms with van der Waals surface area (Å²) in [4.78, 5) is 0. The summed E-state index contributed by atoms with van der Waals surface area (Å²) >= 11 is 0. The fourth-order valence-corrected chi connectivity index (χ4v) is 3.19. The number of alkyl halides is 2. The minimum atomic E-state index is -2.81. The maximum Gasteiger partial charge on any atom is 0.387 e. The molecule has 0 fully saturated rings. The molecule has 3 atom stereocenters. The molecule has 23 heavy (non-hydrogen) atoms. The van der Waals surface area contributed by atoms with Crippen LogP contribution in [0.1, 0.15) is 48.2 Å². The number of hydrogen-bond acceptors (Lipinski definition) is 3. The van der Waals surface area contributed by atoms with Crippen LogP contribution in [-0.2, 0) is 0 Å². The van der Waals surface area contributed by atoms with Crippen LogP contribution < -0.4 is 15.8 Å². The van der Waals surface area contributed by atoms with E-state index in [0.29, 0.717) is 0 Å². The Kier molecular flexibility index (Phi) is 4.59. The summed E-state index contributed by atoms with van der Waals surface area (Å²) in [5.74, 6) is 0.176. The van der Waals surface area contributed by atoms with Crippen molar-refractivity contribution in [2.75, 3.05) is 0 Å². The molecule has 5 heteroatoms. The van der Waals surface area contributed by atoms with Crippen molar-refractivity contribution in [3.05, 3.63) is 65.2 Å². The molecule has 3 unspecified atom stereocenters. The Morgan fingerprint density at radius 1 is 1.13 bits per heavy atom. The Bertz CT molecular complexity index is 678. The highest BCUT2D eigenvalue weighted by molar-refractivity contribution is 5.38. The zero-order valence-corrected chi connectivity index (χ0v) is 12.9. The number of benzene rings is 2. The van der Waals surface area contributed by atoms with Crippen molar-refractivity contribution < 1.29 is 13.5 Å². The summed E-state index contributed by atoms with van der Waals surface area (Å²) in [6.45, 7) is -0.804. The lowest BCUT2D eigenvalue weighted by Gasteiger charge is -2.21. The third-order valence-electron chi connectivity index (χ3n) is 4.29. The van der Waals surface area contributed by atoms with Gasteiger partial charge in [-0.2, -0.15) is 8.78 Å². The van der Waals surface area contributed by atoms with E-state index < -0.39 is 6.61 Å². The molecule has 0 heterocycles. The zero-order chi connectivity index (χ0) is 16.4. The van der Waals surface area contributed by atoms with Gasteiger partial charge in [-0.15, -0.1) is 0 Å². The van der Waals surface area contributed by atoms with Crippen LogP contribution in [0.3, 0.4) is 0 Å². The normalized spacial score (nSPS) is 21.3. The van der Waals surface area contributed by atoms with Gasteiger partial charge in [0, 0.05) is 18.1 Å². The van der Waals surface area contributed by atoms with Crippen LogP contribution in [0.5, 0.6) is 5.75 Å². The van der Waals surface area contributed by atoms with Gasteiger partial charge in [0.2, 0.25) is 0 Å². The van der Waals surface area contributed by atoms with Crippen molar-refractivity contribution >= 4 is 0 Å². The topological polar surface area (TPSA) is 47.3 Å². The van der Waals surface area contributed by atoms with Crippen molar-refractivity contribution in [2.45, 2.75) is 38.1 Å². The summed E-state index contributed by atoms with van der Waals surface area (Å²) in [5, 5.41) is 3.54. The minimum Gasteiger partial charge on any atom is -0.435 e. The number of halogens is 2. The third kappa shape index (κ3) is 3.51. The summed E-state index contributed by atoms with van der Waals surface area (Å²) in [7, 11) is 0. The molecule has 0 radical (unpaired) electrons. The molecule has 122 valence electrons. The molecular formula is C18H20F2N2O. The van der Waals surface area contributed by atoms with Gasteiger partial charge >= 0.3 is 6.61 Å². The van der Waals surface area contributed by atoms with Gasteiger partial charge < -0.3 is 15.8 Å². The first-order valence-electron chi connectivity index (χ1n) is 7.70. The van der Waals surface area contributed by atoms with Gasteiger partial charge in [-0.05, 0) is 42.2 Å². The maximum atomic E-state index is 12.3. The van der Waals surface area contributed by atoms with E-state index in [1.54, 1.807) is 12.1 Å². The van der Waals surface area contributed by atoms with Crippen molar-refractivity contribution in [1.82, 2.24) is 5.32 Å². The van der Waals surface area contributed by atoms with Gasteiger partial charge in [0.05, 0.1) is 0 Å². The summed E-state index contributed by atoms with van der Waals surface area (Å²) < 4.78 is 29.1. The van der Waals surface area contributed by atoms with E-state index in [4.69, 9.17) is 5.73 Å². The fourth-order valence-electron chi connectivity index (χ4n) is 3.19. The molecule has 3 N–H and O–H groups in total. The van der Waals surface area contributed by atoms with Gasteiger partial charge in [-0.3, -0.25) is 0 Å². The highest BCUT2D eigenvalue weighted by Gasteiger charge is 2.29. The van der Waals surface area contributed by atoms with Crippen LogP contribution in [0.15, 0.2) is 48.5 Å². The predicted octanol–water partition coefficient (Wildman–Crippen LogP) is 4.08. The molecular weight excluding hydrogens is 298 g/mol. The summed E-state index contributed by atoms with van der Waals surface area (Å²) in [6, 6.07) is 15.1. The third-order valence-corrected chi connectivity index (χ3v) is 4.29. The average Bonchev–Trinajstić information content (AvgIpc) is 2.84. The molecule has 0 spiro atoms. The Labute approximate surface area is 134 Å². The van der Waals surface area contributed by atoms with E-state index in [2.05, 4.69) is 22.2 Å². The highest BCUT2D eigenvalue weighted by Crippen LogP contribution is 2.38. The predicted molar refractivity (Wildman–Crippen MR) is 85.4 cm³/mol. The summed E-state index contributed by atoms with van der Waals surface area (Å²) in [5.41, 5.74) is 9.48. The average molecular weight is 318 g/mol. The van der Waals surface area contributed by atoms with E-state index in [0.717, 1.165) is 12.0 Å². The van der Waals surface area contributed by atoms with E-state index >= 15 is 0 Å². The molecule has 3 rings (SSSR count). The molecule has 0 aromatic heterocycles. The highest BCUT2D eigenvalue weighted by atomic mass is 19.3. The molecule has 2 aromatic carbocycles. The lowest BCUT2D eigenvalue weighted by Crippen LogP contribution is -2.23. The monoisotopic (exact) mass is 318 g/mol. The van der Waals surface area contributed by atoms with Crippen molar-refractivity contribution in [2.24, 2.45) is 5.73 Å². The van der Waals surface area contributed by atoms with Crippen LogP contribution in [0.25, 0.3) is 0 Å². The Morgan fingerprint density at radius 3 is 2.61 bits per heavy atom. The smallest absolute Gasteiger partial charge is 0.387 e. The SMILES string of the molecule is CC(NC1CC(N)c2ccccc21)c1cccc(OC(F)F)c1. The van der Waals surface area contributed by atoms with Gasteiger partial charge in [0.15, 0.2) is 0 Å². The molecule has 1 aliphatic rings. The molecule has 0 amide bonds. The van der Waals surface area contributed by atoms with Crippen LogP contribution >= 0.6 is 0 Å². The number of hydrogen-bond donors (Lipinski definition) is 2. The number of nitrogens with one attached hydrogen (secondary N) is 1. The van der Waals surface area contributed by atoms with Crippen molar-refractivity contribution in [3.8, 4) is 5.75 Å². The van der Waals surface area contributed by atoms with Crippen molar-refractivity contribution in [3.63, 3.8) is 0 Å². The van der Waals surface area contributed by atoms with Crippen LogP contribution in [0.4, 0.5) is 8.78 Å². The lowest BCUT2D eigenvalue weighted by molar-refractivity contribution is -0.0499. The number of fused-ring (bicyclic) bond motifs is 1. The Hall–Kier alpha value is -1.98. The largest absolute Gasteiger partial charge is 0.435 e. The first-order valence-corrected chi connectivity index (χ1v) is 7.70. The second-order valence-corrected chi connectivity index (χ2v) is 5.86. The second kappa shape index (κ2) is 6.64. The standard InChI is InChI=1S/C18H20F2N2O/c1-11(12-5-4-6-13(9-12)23-18(19)20)22-17-10-16(21)14-7-2-3-8-15(14)17/h2-9,11,16-18,22H,10,21H2,1H3. The van der Waals surface area contributed by atoms with E-state index in [1.165, 1.54) is 17.2 Å². The molecule has 0 aliphatic heterocycles. The molecule has 2 aromatic rings. The minimum absolute atomic E-state index is 0.000390. The number of rotatable bonds is 5. The van der Waals surface area contributed by atoms with Gasteiger partial charge in [-0.25, -0.2) is 0 Å². The molecule has 0 bridgehead atoms. The van der Waals surface area contributed by atoms with Crippen LogP contribution in [0, 0.1) is 0 Å². The molecule has 0 saturated heterocycles. The van der Waals surface area contributed by atoms with Crippen LogP contribution in [-0.4, -0.2) is 6.61 Å². The molecule has 1 aliphatic carbocycles. The Morgan fingerprint density at radius 2 is 1.87 bits per heavy atom. The van der Waals surface area contributed by atoms with E-state index in [-0.39, 0.29) is 23.9 Å². The maximum absolute atomic E-state index is 12.3. The second-order valence-electron chi connectivity index (χ2n) is 5.86. The molecule has 3 nitrogen and oxygen atoms in total. The molecule has 0 saturated carbocycles. The zero-order valence-electron chi connectivity index (χ0n) is 12.9. The van der Waals surface area contributed by atoms with Gasteiger partial charge in [-0.1, -0.05) is 36.4 Å². The first-order chi connectivity index (χ1) is 11.0. The number of ether oxygens (including phenoxy) is 1. The van der Waals surface area contributed by atoms with Crippen molar-refractivity contribution in [1.29, 1.82) is 0 Å². The quantitative estimate of drug-likeness (QED) is 0.873. The van der Waals surface area contributed by atoms with Crippen LogP contribution in [0.2, 0.25) is 0 Å². The van der Waals surface area contributed by atoms with E-state index in [1.807, 2.05) is 25.1 Å². The Balaban J connectivity index is 1.74. The number of nitrogens with two attached hydrogens (primary N) is 1. The van der Waals surface area contributed by atoms with E-state index in [9.17, 15) is 8.78 Å². The lowest BCUT2D eigenvalue weighted by atomic mass is 10.0.